The van der Waals surface area contributed by atoms with E-state index < -0.39 is 5.97 Å². The predicted octanol–water partition coefficient (Wildman–Crippen LogP) is 2.75. The minimum atomic E-state index is -1.13. The number of carboxylic acid groups (broad SMARTS) is 1. The summed E-state index contributed by atoms with van der Waals surface area (Å²) in [4.78, 5) is 10.8. The first-order valence-corrected chi connectivity index (χ1v) is 4.81. The molecule has 0 aliphatic heterocycles. The fraction of sp³-hybridized carbons (Fsp3) is 0. The zero-order valence-electron chi connectivity index (χ0n) is 9.13. The van der Waals surface area contributed by atoms with Gasteiger partial charge in [-0.1, -0.05) is 42.5 Å². The number of carboxylic acids is 1. The third-order valence-electron chi connectivity index (χ3n) is 2.35. The molecular weight excluding hydrogens is 270 g/mol. The number of carbonyl (C=O) groups is 1. The molecule has 0 aliphatic rings. The summed E-state index contributed by atoms with van der Waals surface area (Å²) >= 11 is 0. The minimum Gasteiger partial charge on any atom is -0.506 e. The maximum Gasteiger partial charge on any atom is 0.339 e. The Hall–Kier alpha value is -1.67. The molecule has 0 saturated heterocycles. The van der Waals surface area contributed by atoms with Crippen molar-refractivity contribution in [2.45, 2.75) is 0 Å². The first kappa shape index (κ1) is 13.4. The minimum absolute atomic E-state index is 0. The van der Waals surface area contributed by atoms with E-state index in [1.54, 1.807) is 12.1 Å². The van der Waals surface area contributed by atoms with Gasteiger partial charge in [0.25, 0.3) is 0 Å². The van der Waals surface area contributed by atoms with E-state index in [0.717, 1.165) is 5.56 Å². The maximum atomic E-state index is 10.8. The number of phenols is 1. The summed E-state index contributed by atoms with van der Waals surface area (Å²) in [6.07, 6.45) is 0. The van der Waals surface area contributed by atoms with E-state index in [9.17, 15) is 9.90 Å². The van der Waals surface area contributed by atoms with Crippen molar-refractivity contribution in [1.29, 1.82) is 0 Å². The monoisotopic (exact) mass is 278 g/mol. The molecule has 2 N–H and O–H groups in total. The molecule has 2 rings (SSSR count). The number of hydrogen-bond acceptors (Lipinski definition) is 2. The van der Waals surface area contributed by atoms with Gasteiger partial charge in [-0.3, -0.25) is 0 Å². The quantitative estimate of drug-likeness (QED) is 0.831. The molecule has 0 saturated carbocycles. The van der Waals surface area contributed by atoms with Crippen LogP contribution in [0.3, 0.4) is 0 Å². The van der Waals surface area contributed by atoms with Crippen LogP contribution in [0.4, 0.5) is 0 Å². The second-order valence-corrected chi connectivity index (χ2v) is 3.37. The molecule has 0 radical (unpaired) electrons. The molecule has 0 spiro atoms. The fourth-order valence-corrected chi connectivity index (χ4v) is 1.57. The smallest absolute Gasteiger partial charge is 0.339 e. The Labute approximate surface area is 111 Å². The average molecular weight is 280 g/mol. The van der Waals surface area contributed by atoms with Crippen LogP contribution in [-0.2, 0) is 19.5 Å². The van der Waals surface area contributed by atoms with Gasteiger partial charge in [0, 0.05) is 25.0 Å². The van der Waals surface area contributed by atoms with Crippen LogP contribution in [-0.4, -0.2) is 16.2 Å². The largest absolute Gasteiger partial charge is 0.506 e. The normalized spacial score (nSPS) is 9.41. The Kier molecular flexibility index (Phi) is 4.41. The summed E-state index contributed by atoms with van der Waals surface area (Å²) in [5, 5.41) is 18.7. The van der Waals surface area contributed by atoms with Crippen LogP contribution >= 0.6 is 0 Å². The van der Waals surface area contributed by atoms with Crippen molar-refractivity contribution >= 4 is 5.97 Å². The van der Waals surface area contributed by atoms with E-state index in [2.05, 4.69) is 0 Å². The molecule has 17 heavy (non-hydrogen) atoms. The molecular formula is C13H10O3Zn. The van der Waals surface area contributed by atoms with Crippen LogP contribution < -0.4 is 0 Å². The second-order valence-electron chi connectivity index (χ2n) is 3.37. The van der Waals surface area contributed by atoms with Crippen LogP contribution in [0.2, 0.25) is 0 Å². The van der Waals surface area contributed by atoms with Gasteiger partial charge in [0.15, 0.2) is 0 Å². The zero-order chi connectivity index (χ0) is 11.5. The van der Waals surface area contributed by atoms with E-state index in [-0.39, 0.29) is 30.8 Å². The maximum absolute atomic E-state index is 10.8. The van der Waals surface area contributed by atoms with Crippen molar-refractivity contribution in [3.8, 4) is 16.9 Å². The van der Waals surface area contributed by atoms with Gasteiger partial charge in [-0.15, -0.1) is 0 Å². The number of aromatic hydroxyl groups is 1. The van der Waals surface area contributed by atoms with Gasteiger partial charge in [-0.2, -0.15) is 0 Å². The summed E-state index contributed by atoms with van der Waals surface area (Å²) in [7, 11) is 0. The Bertz CT molecular complexity index is 523. The molecule has 4 heteroatoms. The molecule has 2 aromatic rings. The number of benzene rings is 2. The number of rotatable bonds is 2. The number of hydrogen-bond donors (Lipinski definition) is 2. The standard InChI is InChI=1S/C13H10O3.Zn/c14-12-10(9-5-2-1-3-6-9)7-4-8-11(12)13(15)16;/h1-8,14H,(H,15,16);. The van der Waals surface area contributed by atoms with Crippen LogP contribution in [0.25, 0.3) is 11.1 Å². The van der Waals surface area contributed by atoms with Gasteiger partial charge >= 0.3 is 5.97 Å². The van der Waals surface area contributed by atoms with Gasteiger partial charge < -0.3 is 10.2 Å². The Morgan fingerprint density at radius 1 is 0.941 bits per heavy atom. The predicted molar refractivity (Wildman–Crippen MR) is 60.5 cm³/mol. The van der Waals surface area contributed by atoms with E-state index in [1.165, 1.54) is 6.07 Å². The van der Waals surface area contributed by atoms with Crippen LogP contribution in [0, 0.1) is 0 Å². The van der Waals surface area contributed by atoms with Crippen molar-refractivity contribution in [2.75, 3.05) is 0 Å². The summed E-state index contributed by atoms with van der Waals surface area (Å²) in [5.41, 5.74) is 1.24. The van der Waals surface area contributed by atoms with Gasteiger partial charge in [0.1, 0.15) is 11.3 Å². The van der Waals surface area contributed by atoms with E-state index in [1.807, 2.05) is 30.3 Å². The van der Waals surface area contributed by atoms with Gasteiger partial charge in [0.05, 0.1) is 0 Å². The molecule has 0 heterocycles. The molecule has 0 atom stereocenters. The second kappa shape index (κ2) is 5.60. The fourth-order valence-electron chi connectivity index (χ4n) is 1.57. The van der Waals surface area contributed by atoms with E-state index in [4.69, 9.17) is 5.11 Å². The van der Waals surface area contributed by atoms with Crippen LogP contribution in [0.15, 0.2) is 48.5 Å². The average Bonchev–Trinajstić information content (AvgIpc) is 2.30. The van der Waals surface area contributed by atoms with Gasteiger partial charge in [-0.25, -0.2) is 4.79 Å². The van der Waals surface area contributed by atoms with Crippen molar-refractivity contribution in [2.24, 2.45) is 0 Å². The summed E-state index contributed by atoms with van der Waals surface area (Å²) in [6.45, 7) is 0. The van der Waals surface area contributed by atoms with Gasteiger partial charge in [0.2, 0.25) is 0 Å². The molecule has 0 fully saturated rings. The van der Waals surface area contributed by atoms with Crippen molar-refractivity contribution in [3.05, 3.63) is 54.1 Å². The first-order chi connectivity index (χ1) is 7.70. The Balaban J connectivity index is 0.00000144. The molecule has 0 unspecified atom stereocenters. The van der Waals surface area contributed by atoms with Gasteiger partial charge in [-0.05, 0) is 11.6 Å². The van der Waals surface area contributed by atoms with E-state index >= 15 is 0 Å². The summed E-state index contributed by atoms with van der Waals surface area (Å²) in [6, 6.07) is 13.9. The van der Waals surface area contributed by atoms with E-state index in [0.29, 0.717) is 5.56 Å². The zero-order valence-corrected chi connectivity index (χ0v) is 12.1. The Morgan fingerprint density at radius 2 is 1.59 bits per heavy atom. The van der Waals surface area contributed by atoms with Crippen molar-refractivity contribution in [3.63, 3.8) is 0 Å². The molecule has 0 aliphatic carbocycles. The first-order valence-electron chi connectivity index (χ1n) is 4.81. The molecule has 3 nitrogen and oxygen atoms in total. The number of aromatic carboxylic acids is 1. The van der Waals surface area contributed by atoms with Crippen LogP contribution in [0.5, 0.6) is 5.75 Å². The summed E-state index contributed by atoms with van der Waals surface area (Å²) in [5.74, 6) is -1.32. The SMILES string of the molecule is O=C(O)c1cccc(-c2ccccc2)c1O.[Zn]. The van der Waals surface area contributed by atoms with Crippen LogP contribution in [0.1, 0.15) is 10.4 Å². The molecule has 2 aromatic carbocycles. The third-order valence-corrected chi connectivity index (χ3v) is 2.35. The molecule has 82 valence electrons. The Morgan fingerprint density at radius 3 is 2.18 bits per heavy atom. The molecule has 0 aromatic heterocycles. The van der Waals surface area contributed by atoms with Crippen molar-refractivity contribution < 1.29 is 34.5 Å². The number of para-hydroxylation sites is 1. The third kappa shape index (κ3) is 2.72. The molecule has 0 amide bonds. The topological polar surface area (TPSA) is 57.5 Å². The summed E-state index contributed by atoms with van der Waals surface area (Å²) < 4.78 is 0. The molecule has 0 bridgehead atoms. The van der Waals surface area contributed by atoms with Crippen molar-refractivity contribution in [1.82, 2.24) is 0 Å².